The first-order chi connectivity index (χ1) is 17.2. The number of carboxylic acid groups (broad SMARTS) is 1. The van der Waals surface area contributed by atoms with Crippen LogP contribution in [0.15, 0.2) is 53.4 Å². The molecule has 0 saturated carbocycles. The van der Waals surface area contributed by atoms with Crippen LogP contribution in [0.25, 0.3) is 11.1 Å². The van der Waals surface area contributed by atoms with Gasteiger partial charge in [-0.25, -0.2) is 13.2 Å². The number of nitriles is 1. The molecule has 0 radical (unpaired) electrons. The Morgan fingerprint density at radius 1 is 1.08 bits per heavy atom. The number of nitrogens with zero attached hydrogens (tertiary/aromatic N) is 3. The van der Waals surface area contributed by atoms with Crippen LogP contribution in [0.2, 0.25) is 0 Å². The second-order valence-electron chi connectivity index (χ2n) is 8.93. The third-order valence-electron chi connectivity index (χ3n) is 6.68. The van der Waals surface area contributed by atoms with Crippen LogP contribution in [0.3, 0.4) is 0 Å². The summed E-state index contributed by atoms with van der Waals surface area (Å²) in [7, 11) is -3.46. The van der Waals surface area contributed by atoms with Gasteiger partial charge in [-0.1, -0.05) is 24.3 Å². The first-order valence-electron chi connectivity index (χ1n) is 11.7. The van der Waals surface area contributed by atoms with Crippen molar-refractivity contribution in [3.05, 3.63) is 48.5 Å². The summed E-state index contributed by atoms with van der Waals surface area (Å²) in [4.78, 5) is 26.7. The lowest BCUT2D eigenvalue weighted by Crippen LogP contribution is -2.63. The number of hydrogen-bond donors (Lipinski definition) is 2. The number of hydrogen-bond acceptors (Lipinski definition) is 6. The lowest BCUT2D eigenvalue weighted by atomic mass is 9.87. The standard InChI is InChI=1S/C25H28N4O6S/c1-18(17-26)29(23(30)25(27-24(31)32)11-15-35-16-12-25)21-7-3-19(4-8-21)20-5-9-22(10-6-20)36(33,34)28-13-2-14-28/h3-10,18,27H,2,11-16H2,1H3,(H,31,32). The summed E-state index contributed by atoms with van der Waals surface area (Å²) < 4.78 is 31.9. The molecule has 0 spiro atoms. The van der Waals surface area contributed by atoms with Crippen molar-refractivity contribution in [3.8, 4) is 17.2 Å². The summed E-state index contributed by atoms with van der Waals surface area (Å²) >= 11 is 0. The van der Waals surface area contributed by atoms with Gasteiger partial charge in [-0.3, -0.25) is 9.69 Å². The minimum atomic E-state index is -3.46. The third-order valence-corrected chi connectivity index (χ3v) is 8.59. The van der Waals surface area contributed by atoms with Crippen molar-refractivity contribution in [3.63, 3.8) is 0 Å². The van der Waals surface area contributed by atoms with E-state index in [9.17, 15) is 28.4 Å². The highest BCUT2D eigenvalue weighted by molar-refractivity contribution is 7.89. The Morgan fingerprint density at radius 2 is 1.64 bits per heavy atom. The molecule has 2 amide bonds. The first-order valence-corrected chi connectivity index (χ1v) is 13.1. The second kappa shape index (κ2) is 10.3. The van der Waals surface area contributed by atoms with E-state index in [0.717, 1.165) is 17.5 Å². The minimum absolute atomic E-state index is 0.164. The Labute approximate surface area is 210 Å². The Morgan fingerprint density at radius 3 is 2.11 bits per heavy atom. The molecule has 4 rings (SSSR count). The SMILES string of the molecule is CC(C#N)N(C(=O)C1(NC(=O)O)CCOCC1)c1ccc(-c2ccc(S(=O)(=O)N3CCC3)cc2)cc1. The molecule has 2 aliphatic heterocycles. The van der Waals surface area contributed by atoms with Crippen LogP contribution in [0.5, 0.6) is 0 Å². The number of ether oxygens (including phenoxy) is 1. The lowest BCUT2D eigenvalue weighted by Gasteiger charge is -2.40. The van der Waals surface area contributed by atoms with Crippen LogP contribution in [-0.2, 0) is 19.6 Å². The van der Waals surface area contributed by atoms with E-state index in [1.54, 1.807) is 55.5 Å². The van der Waals surface area contributed by atoms with Crippen LogP contribution in [0.4, 0.5) is 10.5 Å². The topological polar surface area (TPSA) is 140 Å². The van der Waals surface area contributed by atoms with Crippen molar-refractivity contribution >= 4 is 27.7 Å². The van der Waals surface area contributed by atoms with E-state index in [-0.39, 0.29) is 31.0 Å². The molecular weight excluding hydrogens is 484 g/mol. The monoisotopic (exact) mass is 512 g/mol. The molecule has 0 aliphatic carbocycles. The van der Waals surface area contributed by atoms with Crippen molar-refractivity contribution in [2.45, 2.75) is 42.7 Å². The second-order valence-corrected chi connectivity index (χ2v) is 10.9. The summed E-state index contributed by atoms with van der Waals surface area (Å²) in [6, 6.07) is 14.8. The Hall–Kier alpha value is -3.46. The number of rotatable bonds is 7. The fourth-order valence-corrected chi connectivity index (χ4v) is 5.95. The molecule has 36 heavy (non-hydrogen) atoms. The molecule has 2 saturated heterocycles. The van der Waals surface area contributed by atoms with Crippen molar-refractivity contribution in [1.29, 1.82) is 5.26 Å². The van der Waals surface area contributed by atoms with Gasteiger partial charge < -0.3 is 15.2 Å². The van der Waals surface area contributed by atoms with E-state index in [0.29, 0.717) is 18.8 Å². The van der Waals surface area contributed by atoms with Gasteiger partial charge >= 0.3 is 6.09 Å². The maximum atomic E-state index is 13.7. The number of carbonyl (C=O) groups is 2. The van der Waals surface area contributed by atoms with Crippen molar-refractivity contribution in [1.82, 2.24) is 9.62 Å². The molecule has 2 aromatic carbocycles. The van der Waals surface area contributed by atoms with E-state index in [1.165, 1.54) is 9.21 Å². The average Bonchev–Trinajstić information content (AvgIpc) is 2.83. The normalized spacial score (nSPS) is 18.3. The summed E-state index contributed by atoms with van der Waals surface area (Å²) in [5.74, 6) is -0.504. The Balaban J connectivity index is 1.60. The maximum Gasteiger partial charge on any atom is 0.405 e. The van der Waals surface area contributed by atoms with Gasteiger partial charge in [0.25, 0.3) is 5.91 Å². The van der Waals surface area contributed by atoms with Crippen LogP contribution < -0.4 is 10.2 Å². The largest absolute Gasteiger partial charge is 0.465 e. The molecule has 10 nitrogen and oxygen atoms in total. The van der Waals surface area contributed by atoms with E-state index in [1.807, 2.05) is 0 Å². The summed E-state index contributed by atoms with van der Waals surface area (Å²) in [5, 5.41) is 21.4. The highest BCUT2D eigenvalue weighted by Crippen LogP contribution is 2.31. The number of benzene rings is 2. The van der Waals surface area contributed by atoms with Crippen LogP contribution in [-0.4, -0.2) is 67.7 Å². The van der Waals surface area contributed by atoms with E-state index in [4.69, 9.17) is 4.74 Å². The van der Waals surface area contributed by atoms with Crippen LogP contribution in [0, 0.1) is 11.3 Å². The smallest absolute Gasteiger partial charge is 0.405 e. The Bertz CT molecular complexity index is 1260. The predicted molar refractivity (Wildman–Crippen MR) is 132 cm³/mol. The molecule has 1 atom stereocenters. The predicted octanol–water partition coefficient (Wildman–Crippen LogP) is 2.81. The van der Waals surface area contributed by atoms with Gasteiger partial charge in [0.2, 0.25) is 10.0 Å². The number of carbonyl (C=O) groups excluding carboxylic acids is 1. The van der Waals surface area contributed by atoms with Crippen molar-refractivity contribution in [2.24, 2.45) is 0 Å². The molecule has 11 heteroatoms. The molecular formula is C25H28N4O6S. The maximum absolute atomic E-state index is 13.7. The lowest BCUT2D eigenvalue weighted by molar-refractivity contribution is -0.128. The zero-order valence-electron chi connectivity index (χ0n) is 19.9. The summed E-state index contributed by atoms with van der Waals surface area (Å²) in [5.41, 5.74) is 0.663. The average molecular weight is 513 g/mol. The quantitative estimate of drug-likeness (QED) is 0.581. The van der Waals surface area contributed by atoms with Crippen molar-refractivity contribution < 1.29 is 27.9 Å². The number of amides is 2. The minimum Gasteiger partial charge on any atom is -0.465 e. The van der Waals surface area contributed by atoms with Crippen LogP contribution >= 0.6 is 0 Å². The van der Waals surface area contributed by atoms with Gasteiger partial charge in [0, 0.05) is 44.8 Å². The third kappa shape index (κ3) is 4.93. The van der Waals surface area contributed by atoms with Crippen molar-refractivity contribution in [2.75, 3.05) is 31.2 Å². The van der Waals surface area contributed by atoms with Gasteiger partial charge in [-0.15, -0.1) is 0 Å². The molecule has 2 aromatic rings. The Kier molecular flexibility index (Phi) is 7.31. The summed E-state index contributed by atoms with van der Waals surface area (Å²) in [6.45, 7) is 3.11. The zero-order chi connectivity index (χ0) is 25.9. The van der Waals surface area contributed by atoms with Gasteiger partial charge in [0.1, 0.15) is 11.6 Å². The number of sulfonamides is 1. The van der Waals surface area contributed by atoms with E-state index < -0.39 is 33.6 Å². The molecule has 0 aromatic heterocycles. The van der Waals surface area contributed by atoms with Crippen LogP contribution in [0.1, 0.15) is 26.2 Å². The van der Waals surface area contributed by atoms with E-state index >= 15 is 0 Å². The molecule has 1 unspecified atom stereocenters. The molecule has 0 bridgehead atoms. The summed E-state index contributed by atoms with van der Waals surface area (Å²) in [6.07, 6.45) is -0.117. The fourth-order valence-electron chi connectivity index (χ4n) is 4.43. The van der Waals surface area contributed by atoms with Gasteiger partial charge in [0.05, 0.1) is 11.0 Å². The highest BCUT2D eigenvalue weighted by Gasteiger charge is 2.45. The number of anilines is 1. The molecule has 2 heterocycles. The van der Waals surface area contributed by atoms with Gasteiger partial charge in [0.15, 0.2) is 0 Å². The molecule has 190 valence electrons. The highest BCUT2D eigenvalue weighted by atomic mass is 32.2. The van der Waals surface area contributed by atoms with Gasteiger partial charge in [-0.05, 0) is 48.7 Å². The first kappa shape index (κ1) is 25.6. The molecule has 2 fully saturated rings. The van der Waals surface area contributed by atoms with E-state index in [2.05, 4.69) is 11.4 Å². The zero-order valence-corrected chi connectivity index (χ0v) is 20.7. The molecule has 2 N–H and O–H groups in total. The molecule has 2 aliphatic rings. The van der Waals surface area contributed by atoms with Gasteiger partial charge in [-0.2, -0.15) is 9.57 Å². The number of nitrogens with one attached hydrogen (secondary N) is 1. The fraction of sp³-hybridized carbons (Fsp3) is 0.400.